The smallest absolute Gasteiger partial charge is 0.252 e. The average molecular weight is 419 g/mol. The topological polar surface area (TPSA) is 119 Å². The third kappa shape index (κ3) is 3.12. The Morgan fingerprint density at radius 3 is 2.97 bits per heavy atom. The van der Waals surface area contributed by atoms with Gasteiger partial charge in [-0.3, -0.25) is 9.63 Å². The van der Waals surface area contributed by atoms with Gasteiger partial charge in [-0.15, -0.1) is 0 Å². The Balaban J connectivity index is 1.97. The van der Waals surface area contributed by atoms with Gasteiger partial charge in [0, 0.05) is 35.9 Å². The van der Waals surface area contributed by atoms with Crippen LogP contribution in [0.2, 0.25) is 5.02 Å². The number of benzene rings is 1. The number of carbonyl (C=O) groups excluding carboxylic acids is 2. The molecule has 1 fully saturated rings. The lowest BCUT2D eigenvalue weighted by Gasteiger charge is -2.17. The molecule has 1 aromatic heterocycles. The van der Waals surface area contributed by atoms with Crippen LogP contribution in [0.25, 0.3) is 11.1 Å². The van der Waals surface area contributed by atoms with E-state index in [9.17, 15) is 14.7 Å². The van der Waals surface area contributed by atoms with Crippen molar-refractivity contribution in [3.8, 4) is 22.6 Å². The van der Waals surface area contributed by atoms with E-state index in [0.29, 0.717) is 22.5 Å². The summed E-state index contributed by atoms with van der Waals surface area (Å²) in [7, 11) is 1.40. The molecular weight excluding hydrogens is 400 g/mol. The molecule has 0 saturated carbocycles. The zero-order chi connectivity index (χ0) is 20.7. The van der Waals surface area contributed by atoms with E-state index in [1.54, 1.807) is 15.8 Å². The molecule has 0 atom stereocenters. The second kappa shape index (κ2) is 7.41. The highest BCUT2D eigenvalue weighted by atomic mass is 35.5. The number of rotatable bonds is 5. The molecule has 2 aromatic rings. The van der Waals surface area contributed by atoms with E-state index in [1.165, 1.54) is 13.2 Å². The van der Waals surface area contributed by atoms with Gasteiger partial charge >= 0.3 is 0 Å². The number of fused-ring (bicyclic) bond motifs is 2. The largest absolute Gasteiger partial charge is 0.505 e. The van der Waals surface area contributed by atoms with Crippen LogP contribution in [0.15, 0.2) is 17.3 Å². The molecule has 152 valence electrons. The molecule has 2 aliphatic rings. The number of aliphatic imine (C=N–C) groups is 1. The predicted octanol–water partition coefficient (Wildman–Crippen LogP) is 2.39. The summed E-state index contributed by atoms with van der Waals surface area (Å²) in [5, 5.41) is 11.8. The number of carbonyl (C=O) groups is 2. The van der Waals surface area contributed by atoms with Gasteiger partial charge in [0.1, 0.15) is 35.3 Å². The molecule has 29 heavy (non-hydrogen) atoms. The van der Waals surface area contributed by atoms with Crippen LogP contribution in [0.1, 0.15) is 28.8 Å². The molecular formula is C19H19ClN4O5. The molecule has 9 nitrogen and oxygen atoms in total. The van der Waals surface area contributed by atoms with Crippen LogP contribution in [-0.2, 0) is 22.8 Å². The standard InChI is InChI=1S/C19H19ClN4O5/c1-28-17-10(7-11(18(21)27)16(26)15(17)20)12-8-23(5-6-25)19-13(12)9-29-24-4-2-3-14(24)22-19/h6-8,26H,2-5,9H2,1H3,(H2,21,27). The number of hydrogen-bond donors (Lipinski definition) is 2. The molecule has 3 N–H and O–H groups in total. The van der Waals surface area contributed by atoms with Gasteiger partial charge < -0.3 is 24.9 Å². The van der Waals surface area contributed by atoms with Gasteiger partial charge in [-0.1, -0.05) is 11.6 Å². The molecule has 4 rings (SSSR count). The van der Waals surface area contributed by atoms with Crippen molar-refractivity contribution < 1.29 is 24.3 Å². The van der Waals surface area contributed by atoms with E-state index in [1.807, 2.05) is 0 Å². The highest BCUT2D eigenvalue weighted by molar-refractivity contribution is 6.34. The van der Waals surface area contributed by atoms with E-state index in [0.717, 1.165) is 31.5 Å². The Hall–Kier alpha value is -3.04. The minimum absolute atomic E-state index is 0.0932. The highest BCUT2D eigenvalue weighted by Gasteiger charge is 2.30. The number of hydrogen-bond acceptors (Lipinski definition) is 7. The van der Waals surface area contributed by atoms with E-state index < -0.39 is 11.7 Å². The summed E-state index contributed by atoms with van der Waals surface area (Å²) in [6, 6.07) is 1.42. The van der Waals surface area contributed by atoms with Gasteiger partial charge in [-0.2, -0.15) is 0 Å². The number of hydroxylamine groups is 2. The zero-order valence-electron chi connectivity index (χ0n) is 15.6. The maximum atomic E-state index is 11.8. The highest BCUT2D eigenvalue weighted by Crippen LogP contribution is 2.47. The number of nitrogens with two attached hydrogens (primary N) is 1. The Morgan fingerprint density at radius 1 is 1.48 bits per heavy atom. The van der Waals surface area contributed by atoms with Crippen LogP contribution >= 0.6 is 11.6 Å². The van der Waals surface area contributed by atoms with Crippen molar-refractivity contribution in [2.24, 2.45) is 10.7 Å². The second-order valence-electron chi connectivity index (χ2n) is 6.70. The molecule has 3 heterocycles. The van der Waals surface area contributed by atoms with Crippen LogP contribution in [0.3, 0.4) is 0 Å². The Kier molecular flexibility index (Phi) is 4.93. The number of amidine groups is 1. The van der Waals surface area contributed by atoms with Crippen LogP contribution in [0.5, 0.6) is 11.5 Å². The van der Waals surface area contributed by atoms with E-state index in [4.69, 9.17) is 31.9 Å². The zero-order valence-corrected chi connectivity index (χ0v) is 16.4. The number of aromatic nitrogens is 1. The number of primary amides is 1. The minimum Gasteiger partial charge on any atom is -0.505 e. The number of halogens is 1. The first-order valence-corrected chi connectivity index (χ1v) is 9.37. The third-order valence-corrected chi connectivity index (χ3v) is 5.38. The summed E-state index contributed by atoms with van der Waals surface area (Å²) in [5.74, 6) is 0.296. The van der Waals surface area contributed by atoms with E-state index >= 15 is 0 Å². The van der Waals surface area contributed by atoms with Crippen molar-refractivity contribution in [3.63, 3.8) is 0 Å². The number of phenols is 1. The molecule has 0 bridgehead atoms. The molecule has 2 aliphatic heterocycles. The molecule has 0 radical (unpaired) electrons. The average Bonchev–Trinajstić information content (AvgIpc) is 3.22. The fraction of sp³-hybridized carbons (Fsp3) is 0.316. The van der Waals surface area contributed by atoms with Gasteiger partial charge in [-0.25, -0.2) is 10.1 Å². The quantitative estimate of drug-likeness (QED) is 0.719. The lowest BCUT2D eigenvalue weighted by Crippen LogP contribution is -2.23. The summed E-state index contributed by atoms with van der Waals surface area (Å²) in [6.45, 7) is 1.04. The fourth-order valence-electron chi connectivity index (χ4n) is 3.67. The van der Waals surface area contributed by atoms with Crippen LogP contribution < -0.4 is 10.5 Å². The van der Waals surface area contributed by atoms with Crippen molar-refractivity contribution in [1.29, 1.82) is 0 Å². The number of aldehydes is 1. The summed E-state index contributed by atoms with van der Waals surface area (Å²) in [4.78, 5) is 33.7. The van der Waals surface area contributed by atoms with Crippen molar-refractivity contribution in [2.45, 2.75) is 26.0 Å². The maximum Gasteiger partial charge on any atom is 0.252 e. The fourth-order valence-corrected chi connectivity index (χ4v) is 3.95. The predicted molar refractivity (Wildman–Crippen MR) is 106 cm³/mol. The number of ether oxygens (including phenoxy) is 1. The lowest BCUT2D eigenvalue weighted by atomic mass is 9.99. The van der Waals surface area contributed by atoms with Gasteiger partial charge in [0.2, 0.25) is 0 Å². The first-order valence-electron chi connectivity index (χ1n) is 8.99. The van der Waals surface area contributed by atoms with Crippen molar-refractivity contribution >= 4 is 35.4 Å². The number of aromatic hydroxyl groups is 1. The second-order valence-corrected chi connectivity index (χ2v) is 7.08. The maximum absolute atomic E-state index is 11.8. The molecule has 0 unspecified atom stereocenters. The molecule has 1 saturated heterocycles. The Bertz CT molecular complexity index is 1050. The van der Waals surface area contributed by atoms with Gasteiger partial charge in [-0.05, 0) is 12.5 Å². The van der Waals surface area contributed by atoms with E-state index in [2.05, 4.69) is 0 Å². The van der Waals surface area contributed by atoms with Gasteiger partial charge in [0.25, 0.3) is 5.91 Å². The molecule has 0 spiro atoms. The third-order valence-electron chi connectivity index (χ3n) is 5.03. The first-order chi connectivity index (χ1) is 14.0. The molecule has 1 amide bonds. The number of amides is 1. The minimum atomic E-state index is -0.830. The summed E-state index contributed by atoms with van der Waals surface area (Å²) in [6.07, 6.45) is 4.23. The first kappa shape index (κ1) is 19.3. The van der Waals surface area contributed by atoms with Crippen LogP contribution in [0, 0.1) is 0 Å². The van der Waals surface area contributed by atoms with Gasteiger partial charge in [0.05, 0.1) is 19.2 Å². The number of nitrogens with zero attached hydrogens (tertiary/aromatic N) is 3. The number of methoxy groups -OCH3 is 1. The van der Waals surface area contributed by atoms with Crippen LogP contribution in [-0.4, -0.2) is 46.4 Å². The van der Waals surface area contributed by atoms with Crippen molar-refractivity contribution in [3.05, 3.63) is 28.4 Å². The molecule has 1 aromatic carbocycles. The Labute approximate surface area is 171 Å². The molecule has 0 aliphatic carbocycles. The monoisotopic (exact) mass is 418 g/mol. The summed E-state index contributed by atoms with van der Waals surface area (Å²) < 4.78 is 7.11. The van der Waals surface area contributed by atoms with Gasteiger partial charge in [0.15, 0.2) is 5.75 Å². The van der Waals surface area contributed by atoms with Crippen molar-refractivity contribution in [2.75, 3.05) is 13.7 Å². The Morgan fingerprint density at radius 2 is 2.28 bits per heavy atom. The van der Waals surface area contributed by atoms with Crippen molar-refractivity contribution in [1.82, 2.24) is 9.63 Å². The molecule has 10 heteroatoms. The lowest BCUT2D eigenvalue weighted by molar-refractivity contribution is -0.108. The van der Waals surface area contributed by atoms with Crippen LogP contribution in [0.4, 0.5) is 5.82 Å². The normalized spacial score (nSPS) is 15.4. The SMILES string of the molecule is COc1c(-c2cn(CC=O)c3c2CON2CCCC2=N3)cc(C(N)=O)c(O)c1Cl. The summed E-state index contributed by atoms with van der Waals surface area (Å²) >= 11 is 6.25. The van der Waals surface area contributed by atoms with E-state index in [-0.39, 0.29) is 29.5 Å². The summed E-state index contributed by atoms with van der Waals surface area (Å²) in [5.41, 5.74) is 7.03.